The lowest BCUT2D eigenvalue weighted by atomic mass is 9.92. The standard InChI is InChI=1S/C21H23N5O/c1-21(2,3)26-19-17(16(25-26)13-14-7-5-4-6-8-14)20(27)24-18(23-19)15-9-11-22-12-10-15/h4-12,17,19H,13H2,1-3H3,(H,23,24,27). The molecular formula is C21H23N5O. The molecule has 0 saturated carbocycles. The van der Waals surface area contributed by atoms with Gasteiger partial charge in [-0.15, -0.1) is 0 Å². The molecule has 1 amide bonds. The summed E-state index contributed by atoms with van der Waals surface area (Å²) >= 11 is 0. The SMILES string of the molecule is CC(C)(C)N1N=C(Cc2ccccc2)C2C(=O)NC(c3ccncc3)=NC21. The Morgan fingerprint density at radius 3 is 2.44 bits per heavy atom. The number of hydrogen-bond donors (Lipinski definition) is 1. The van der Waals surface area contributed by atoms with Gasteiger partial charge in [-0.1, -0.05) is 30.3 Å². The summed E-state index contributed by atoms with van der Waals surface area (Å²) in [7, 11) is 0. The molecule has 138 valence electrons. The minimum absolute atomic E-state index is 0.0526. The van der Waals surface area contributed by atoms with E-state index in [1.807, 2.05) is 35.3 Å². The molecular weight excluding hydrogens is 338 g/mol. The van der Waals surface area contributed by atoms with E-state index in [0.717, 1.165) is 16.8 Å². The number of fused-ring (bicyclic) bond motifs is 1. The summed E-state index contributed by atoms with van der Waals surface area (Å²) in [5.41, 5.74) is 2.60. The molecule has 2 atom stereocenters. The largest absolute Gasteiger partial charge is 0.310 e. The van der Waals surface area contributed by atoms with Crippen molar-refractivity contribution in [3.63, 3.8) is 0 Å². The first-order valence-electron chi connectivity index (χ1n) is 9.13. The van der Waals surface area contributed by atoms with E-state index < -0.39 is 0 Å². The average molecular weight is 361 g/mol. The molecule has 1 aromatic carbocycles. The molecule has 2 unspecified atom stereocenters. The molecule has 1 aromatic heterocycles. The van der Waals surface area contributed by atoms with E-state index in [1.54, 1.807) is 12.4 Å². The predicted molar refractivity (Wildman–Crippen MR) is 105 cm³/mol. The molecule has 6 nitrogen and oxygen atoms in total. The van der Waals surface area contributed by atoms with Gasteiger partial charge in [0.05, 0.1) is 11.3 Å². The van der Waals surface area contributed by atoms with Gasteiger partial charge in [0.25, 0.3) is 0 Å². The maximum Gasteiger partial charge on any atom is 0.238 e. The number of pyridine rings is 1. The van der Waals surface area contributed by atoms with Crippen molar-refractivity contribution in [1.82, 2.24) is 15.3 Å². The van der Waals surface area contributed by atoms with Crippen LogP contribution in [0.5, 0.6) is 0 Å². The number of hydrogen-bond acceptors (Lipinski definition) is 5. The summed E-state index contributed by atoms with van der Waals surface area (Å²) in [5.74, 6) is 0.146. The monoisotopic (exact) mass is 361 g/mol. The highest BCUT2D eigenvalue weighted by Gasteiger charge is 2.48. The quantitative estimate of drug-likeness (QED) is 0.914. The van der Waals surface area contributed by atoms with Crippen molar-refractivity contribution in [3.05, 3.63) is 66.0 Å². The number of nitrogens with one attached hydrogen (secondary N) is 1. The maximum atomic E-state index is 13.0. The lowest BCUT2D eigenvalue weighted by Crippen LogP contribution is -2.53. The second kappa shape index (κ2) is 6.61. The summed E-state index contributed by atoms with van der Waals surface area (Å²) in [5, 5.41) is 9.78. The van der Waals surface area contributed by atoms with Gasteiger partial charge in [-0.2, -0.15) is 5.10 Å². The summed E-state index contributed by atoms with van der Waals surface area (Å²) in [6.07, 6.45) is 3.70. The minimum Gasteiger partial charge on any atom is -0.310 e. The average Bonchev–Trinajstić information content (AvgIpc) is 3.02. The summed E-state index contributed by atoms with van der Waals surface area (Å²) < 4.78 is 0. The van der Waals surface area contributed by atoms with Gasteiger partial charge in [0.2, 0.25) is 5.91 Å². The van der Waals surface area contributed by atoms with Crippen molar-refractivity contribution in [2.45, 2.75) is 38.9 Å². The number of benzene rings is 1. The number of rotatable bonds is 3. The highest BCUT2D eigenvalue weighted by atomic mass is 16.2. The van der Waals surface area contributed by atoms with E-state index in [9.17, 15) is 4.79 Å². The van der Waals surface area contributed by atoms with E-state index in [0.29, 0.717) is 12.3 Å². The molecule has 0 radical (unpaired) electrons. The van der Waals surface area contributed by atoms with Crippen molar-refractivity contribution in [3.8, 4) is 0 Å². The van der Waals surface area contributed by atoms with Gasteiger partial charge in [-0.3, -0.25) is 14.8 Å². The van der Waals surface area contributed by atoms with Gasteiger partial charge in [0.15, 0.2) is 6.17 Å². The van der Waals surface area contributed by atoms with Crippen LogP contribution in [0.3, 0.4) is 0 Å². The Morgan fingerprint density at radius 1 is 1.07 bits per heavy atom. The van der Waals surface area contributed by atoms with Crippen LogP contribution in [-0.2, 0) is 11.2 Å². The van der Waals surface area contributed by atoms with Crippen molar-refractivity contribution < 1.29 is 4.79 Å². The Balaban J connectivity index is 1.72. The van der Waals surface area contributed by atoms with E-state index in [2.05, 4.69) is 43.2 Å². The van der Waals surface area contributed by atoms with E-state index >= 15 is 0 Å². The van der Waals surface area contributed by atoms with Crippen LogP contribution in [0, 0.1) is 5.92 Å². The molecule has 0 spiro atoms. The summed E-state index contributed by atoms with van der Waals surface area (Å²) in [4.78, 5) is 21.9. The number of amides is 1. The van der Waals surface area contributed by atoms with Crippen molar-refractivity contribution in [2.75, 3.05) is 0 Å². The van der Waals surface area contributed by atoms with Crippen LogP contribution in [-0.4, -0.2) is 39.2 Å². The first-order valence-corrected chi connectivity index (χ1v) is 9.13. The molecule has 2 aliphatic heterocycles. The second-order valence-corrected chi connectivity index (χ2v) is 7.86. The zero-order valence-corrected chi connectivity index (χ0v) is 15.8. The number of carbonyl (C=O) groups excluding carboxylic acids is 1. The second-order valence-electron chi connectivity index (χ2n) is 7.86. The lowest BCUT2D eigenvalue weighted by Gasteiger charge is -2.37. The zero-order valence-electron chi connectivity index (χ0n) is 15.8. The van der Waals surface area contributed by atoms with Crippen molar-refractivity contribution in [1.29, 1.82) is 0 Å². The van der Waals surface area contributed by atoms with Crippen LogP contribution >= 0.6 is 0 Å². The van der Waals surface area contributed by atoms with E-state index in [1.165, 1.54) is 0 Å². The van der Waals surface area contributed by atoms with Gasteiger partial charge in [0.1, 0.15) is 11.8 Å². The Kier molecular flexibility index (Phi) is 4.26. The van der Waals surface area contributed by atoms with Crippen LogP contribution in [0.2, 0.25) is 0 Å². The van der Waals surface area contributed by atoms with Gasteiger partial charge in [0, 0.05) is 24.4 Å². The third-order valence-electron chi connectivity index (χ3n) is 4.80. The zero-order chi connectivity index (χ0) is 19.0. The first kappa shape index (κ1) is 17.4. The van der Waals surface area contributed by atoms with Gasteiger partial charge >= 0.3 is 0 Å². The number of amidine groups is 1. The van der Waals surface area contributed by atoms with Crippen LogP contribution in [0.25, 0.3) is 0 Å². The number of hydrazone groups is 1. The third-order valence-corrected chi connectivity index (χ3v) is 4.80. The Morgan fingerprint density at radius 2 is 1.78 bits per heavy atom. The van der Waals surface area contributed by atoms with Gasteiger partial charge in [-0.25, -0.2) is 4.99 Å². The Hall–Kier alpha value is -3.02. The highest BCUT2D eigenvalue weighted by Crippen LogP contribution is 2.33. The van der Waals surface area contributed by atoms with E-state index in [4.69, 9.17) is 10.1 Å². The van der Waals surface area contributed by atoms with E-state index in [-0.39, 0.29) is 23.5 Å². The predicted octanol–water partition coefficient (Wildman–Crippen LogP) is 2.61. The minimum atomic E-state index is -0.380. The maximum absolute atomic E-state index is 13.0. The third kappa shape index (κ3) is 3.35. The number of aromatic nitrogens is 1. The normalized spacial score (nSPS) is 22.0. The van der Waals surface area contributed by atoms with Crippen LogP contribution in [0.15, 0.2) is 65.0 Å². The molecule has 2 aromatic rings. The van der Waals surface area contributed by atoms with Crippen molar-refractivity contribution >= 4 is 17.5 Å². The fourth-order valence-electron chi connectivity index (χ4n) is 3.50. The summed E-state index contributed by atoms with van der Waals surface area (Å²) in [6.45, 7) is 6.27. The first-order chi connectivity index (χ1) is 12.9. The Labute approximate surface area is 159 Å². The van der Waals surface area contributed by atoms with Crippen LogP contribution in [0.1, 0.15) is 31.9 Å². The van der Waals surface area contributed by atoms with Crippen LogP contribution < -0.4 is 5.32 Å². The molecule has 27 heavy (non-hydrogen) atoms. The van der Waals surface area contributed by atoms with Gasteiger partial charge in [-0.05, 0) is 38.5 Å². The molecule has 0 fully saturated rings. The van der Waals surface area contributed by atoms with Gasteiger partial charge < -0.3 is 5.32 Å². The topological polar surface area (TPSA) is 70.0 Å². The molecule has 6 heteroatoms. The Bertz CT molecular complexity index is 899. The number of carbonyl (C=O) groups is 1. The molecule has 0 saturated heterocycles. The molecule has 3 heterocycles. The molecule has 4 rings (SSSR count). The highest BCUT2D eigenvalue weighted by molar-refractivity contribution is 6.17. The van der Waals surface area contributed by atoms with Crippen molar-refractivity contribution in [2.24, 2.45) is 16.0 Å². The summed E-state index contributed by atoms with van der Waals surface area (Å²) in [6, 6.07) is 13.8. The molecule has 0 bridgehead atoms. The number of nitrogens with zero attached hydrogens (tertiary/aromatic N) is 4. The smallest absolute Gasteiger partial charge is 0.238 e. The lowest BCUT2D eigenvalue weighted by molar-refractivity contribution is -0.123. The molecule has 0 aliphatic carbocycles. The van der Waals surface area contributed by atoms with Crippen LogP contribution in [0.4, 0.5) is 0 Å². The molecule has 1 N–H and O–H groups in total. The fraction of sp³-hybridized carbons (Fsp3) is 0.333. The molecule has 2 aliphatic rings. The number of aliphatic imine (C=N–C) groups is 1. The fourth-order valence-corrected chi connectivity index (χ4v) is 3.50.